The molecule has 0 saturated heterocycles. The van der Waals surface area contributed by atoms with E-state index in [1.807, 2.05) is 0 Å². The number of nitrogens with zero attached hydrogens (tertiary/aromatic N) is 2. The molecule has 0 bridgehead atoms. The molecule has 0 spiro atoms. The zero-order valence-electron chi connectivity index (χ0n) is 12.5. The summed E-state index contributed by atoms with van der Waals surface area (Å²) in [7, 11) is 0. The highest BCUT2D eigenvalue weighted by Crippen LogP contribution is 2.25. The molecule has 0 saturated carbocycles. The first kappa shape index (κ1) is 17.4. The molecule has 23 heavy (non-hydrogen) atoms. The molecule has 0 aliphatic heterocycles. The van der Waals surface area contributed by atoms with Gasteiger partial charge in [-0.1, -0.05) is 36.9 Å². The molecule has 0 aliphatic rings. The topological polar surface area (TPSA) is 84.0 Å². The molecule has 0 atom stereocenters. The predicted octanol–water partition coefficient (Wildman–Crippen LogP) is 3.00. The van der Waals surface area contributed by atoms with Gasteiger partial charge in [0.25, 0.3) is 0 Å². The second-order valence-corrected chi connectivity index (χ2v) is 7.06. The highest BCUT2D eigenvalue weighted by atomic mass is 32.2. The number of anilines is 2. The van der Waals surface area contributed by atoms with Gasteiger partial charge in [-0.15, -0.1) is 10.2 Å². The first-order valence-electron chi connectivity index (χ1n) is 6.76. The van der Waals surface area contributed by atoms with Crippen molar-refractivity contribution in [3.8, 4) is 0 Å². The zero-order valence-corrected chi connectivity index (χ0v) is 14.1. The maximum Gasteiger partial charge on any atom is 0.234 e. The molecule has 2 amide bonds. The number of rotatable bonds is 6. The van der Waals surface area contributed by atoms with Gasteiger partial charge in [-0.3, -0.25) is 9.59 Å². The van der Waals surface area contributed by atoms with Crippen molar-refractivity contribution in [3.05, 3.63) is 30.1 Å². The lowest BCUT2D eigenvalue weighted by atomic mass is 10.2. The van der Waals surface area contributed by atoms with Crippen LogP contribution in [0.2, 0.25) is 0 Å². The molecule has 0 fully saturated rings. The average molecular weight is 354 g/mol. The molecule has 2 N–H and O–H groups in total. The van der Waals surface area contributed by atoms with E-state index in [2.05, 4.69) is 20.8 Å². The Bertz CT molecular complexity index is 688. The van der Waals surface area contributed by atoms with Gasteiger partial charge < -0.3 is 10.6 Å². The fourth-order valence-electron chi connectivity index (χ4n) is 1.43. The van der Waals surface area contributed by atoms with Gasteiger partial charge in [0.05, 0.1) is 5.75 Å². The third-order valence-corrected chi connectivity index (χ3v) is 4.59. The SMILES string of the molecule is CC(C)C(=O)Nc1nnc(SCC(=O)Nc2ccc(F)cc2)s1. The lowest BCUT2D eigenvalue weighted by molar-refractivity contribution is -0.119. The van der Waals surface area contributed by atoms with Gasteiger partial charge in [0.1, 0.15) is 5.82 Å². The maximum atomic E-state index is 12.8. The fourth-order valence-corrected chi connectivity index (χ4v) is 2.98. The molecule has 0 unspecified atom stereocenters. The monoisotopic (exact) mass is 354 g/mol. The summed E-state index contributed by atoms with van der Waals surface area (Å²) >= 11 is 2.42. The summed E-state index contributed by atoms with van der Waals surface area (Å²) in [6, 6.07) is 5.53. The van der Waals surface area contributed by atoms with Gasteiger partial charge in [0.15, 0.2) is 4.34 Å². The Balaban J connectivity index is 1.81. The van der Waals surface area contributed by atoms with E-state index in [9.17, 15) is 14.0 Å². The smallest absolute Gasteiger partial charge is 0.234 e. The molecule has 1 aromatic heterocycles. The summed E-state index contributed by atoms with van der Waals surface area (Å²) in [4.78, 5) is 23.4. The molecule has 0 aliphatic carbocycles. The number of nitrogens with one attached hydrogen (secondary N) is 2. The third kappa shape index (κ3) is 5.61. The van der Waals surface area contributed by atoms with Gasteiger partial charge in [-0.2, -0.15) is 0 Å². The second kappa shape index (κ2) is 8.02. The van der Waals surface area contributed by atoms with Gasteiger partial charge in [0.2, 0.25) is 16.9 Å². The summed E-state index contributed by atoms with van der Waals surface area (Å²) in [5, 5.41) is 13.5. The molecule has 0 radical (unpaired) electrons. The summed E-state index contributed by atoms with van der Waals surface area (Å²) in [5.41, 5.74) is 0.527. The van der Waals surface area contributed by atoms with Gasteiger partial charge in [-0.25, -0.2) is 4.39 Å². The van der Waals surface area contributed by atoms with Crippen molar-refractivity contribution in [1.82, 2.24) is 10.2 Å². The third-order valence-electron chi connectivity index (χ3n) is 2.62. The van der Waals surface area contributed by atoms with E-state index in [1.165, 1.54) is 47.4 Å². The van der Waals surface area contributed by atoms with Crippen molar-refractivity contribution < 1.29 is 14.0 Å². The Labute approximate surface area is 140 Å². The molecule has 6 nitrogen and oxygen atoms in total. The van der Waals surface area contributed by atoms with Crippen LogP contribution in [-0.2, 0) is 9.59 Å². The van der Waals surface area contributed by atoms with Gasteiger partial charge in [-0.05, 0) is 24.3 Å². The van der Waals surface area contributed by atoms with Crippen LogP contribution >= 0.6 is 23.1 Å². The van der Waals surface area contributed by atoms with Crippen LogP contribution < -0.4 is 10.6 Å². The second-order valence-electron chi connectivity index (χ2n) is 4.86. The van der Waals surface area contributed by atoms with Gasteiger partial charge in [0, 0.05) is 11.6 Å². The van der Waals surface area contributed by atoms with Crippen molar-refractivity contribution in [2.45, 2.75) is 18.2 Å². The van der Waals surface area contributed by atoms with Crippen LogP contribution in [0.1, 0.15) is 13.8 Å². The quantitative estimate of drug-likeness (QED) is 0.615. The molecule has 1 aromatic carbocycles. The first-order chi connectivity index (χ1) is 10.9. The van der Waals surface area contributed by atoms with Crippen LogP contribution in [-0.4, -0.2) is 27.8 Å². The van der Waals surface area contributed by atoms with E-state index in [0.29, 0.717) is 15.2 Å². The summed E-state index contributed by atoms with van der Waals surface area (Å²) in [5.74, 6) is -0.723. The molecule has 2 rings (SSSR count). The molecular weight excluding hydrogens is 339 g/mol. The normalized spacial score (nSPS) is 10.6. The van der Waals surface area contributed by atoms with E-state index >= 15 is 0 Å². The fraction of sp³-hybridized carbons (Fsp3) is 0.286. The Hall–Kier alpha value is -2.00. The molecule has 122 valence electrons. The maximum absolute atomic E-state index is 12.8. The molecular formula is C14H15FN4O2S2. The highest BCUT2D eigenvalue weighted by Gasteiger charge is 2.12. The molecule has 2 aromatic rings. The van der Waals surface area contributed by atoms with Crippen LogP contribution in [0.5, 0.6) is 0 Å². The van der Waals surface area contributed by atoms with Gasteiger partial charge >= 0.3 is 0 Å². The Morgan fingerprint density at radius 3 is 2.57 bits per heavy atom. The van der Waals surface area contributed by atoms with Crippen molar-refractivity contribution in [2.24, 2.45) is 5.92 Å². The number of amides is 2. The minimum absolute atomic E-state index is 0.133. The van der Waals surface area contributed by atoms with Crippen LogP contribution in [0.15, 0.2) is 28.6 Å². The number of benzene rings is 1. The Kier molecular flexibility index (Phi) is 6.05. The minimum atomic E-state index is -0.359. The predicted molar refractivity (Wildman–Crippen MR) is 89.1 cm³/mol. The van der Waals surface area contributed by atoms with Crippen molar-refractivity contribution >= 4 is 45.7 Å². The van der Waals surface area contributed by atoms with E-state index in [0.717, 1.165) is 0 Å². The molecule has 1 heterocycles. The number of carbonyl (C=O) groups is 2. The lowest BCUT2D eigenvalue weighted by Crippen LogP contribution is -2.17. The number of aromatic nitrogens is 2. The Morgan fingerprint density at radius 2 is 1.91 bits per heavy atom. The van der Waals surface area contributed by atoms with Crippen LogP contribution in [0.25, 0.3) is 0 Å². The largest absolute Gasteiger partial charge is 0.325 e. The summed E-state index contributed by atoms with van der Waals surface area (Å²) in [6.45, 7) is 3.57. The van der Waals surface area contributed by atoms with E-state index < -0.39 is 0 Å². The minimum Gasteiger partial charge on any atom is -0.325 e. The van der Waals surface area contributed by atoms with Crippen LogP contribution in [0.4, 0.5) is 15.2 Å². The highest BCUT2D eigenvalue weighted by molar-refractivity contribution is 8.01. The van der Waals surface area contributed by atoms with Crippen LogP contribution in [0, 0.1) is 11.7 Å². The van der Waals surface area contributed by atoms with Crippen molar-refractivity contribution in [2.75, 3.05) is 16.4 Å². The standard InChI is InChI=1S/C14H15FN4O2S2/c1-8(2)12(21)17-13-18-19-14(23-13)22-7-11(20)16-10-5-3-9(15)4-6-10/h3-6,8H,7H2,1-2H3,(H,16,20)(H,17,18,21). The number of halogens is 1. The lowest BCUT2D eigenvalue weighted by Gasteiger charge is -2.03. The van der Waals surface area contributed by atoms with Crippen molar-refractivity contribution in [3.63, 3.8) is 0 Å². The van der Waals surface area contributed by atoms with E-state index in [4.69, 9.17) is 0 Å². The Morgan fingerprint density at radius 1 is 1.22 bits per heavy atom. The first-order valence-corrected chi connectivity index (χ1v) is 8.57. The number of hydrogen-bond donors (Lipinski definition) is 2. The summed E-state index contributed by atoms with van der Waals surface area (Å²) < 4.78 is 13.4. The average Bonchev–Trinajstić information content (AvgIpc) is 2.95. The molecule has 9 heteroatoms. The summed E-state index contributed by atoms with van der Waals surface area (Å²) in [6.07, 6.45) is 0. The van der Waals surface area contributed by atoms with E-state index in [1.54, 1.807) is 13.8 Å². The number of thioether (sulfide) groups is 1. The number of carbonyl (C=O) groups excluding carboxylic acids is 2. The van der Waals surface area contributed by atoms with E-state index in [-0.39, 0.29) is 29.3 Å². The van der Waals surface area contributed by atoms with Crippen molar-refractivity contribution in [1.29, 1.82) is 0 Å². The zero-order chi connectivity index (χ0) is 16.8. The van der Waals surface area contributed by atoms with Crippen LogP contribution in [0.3, 0.4) is 0 Å². The number of hydrogen-bond acceptors (Lipinski definition) is 6.